The van der Waals surface area contributed by atoms with Gasteiger partial charge < -0.3 is 10.3 Å². The zero-order chi connectivity index (χ0) is 20.5. The molecule has 145 valence electrons. The lowest BCUT2D eigenvalue weighted by atomic mass is 9.99. The molecule has 0 saturated carbocycles. The molecule has 0 spiro atoms. The van der Waals surface area contributed by atoms with Gasteiger partial charge in [-0.3, -0.25) is 4.79 Å². The first-order valence-corrected chi connectivity index (χ1v) is 10.0. The lowest BCUT2D eigenvalue weighted by Gasteiger charge is -2.13. The average molecular weight is 389 g/mol. The summed E-state index contributed by atoms with van der Waals surface area (Å²) in [5.41, 5.74) is 12.1. The minimum absolute atomic E-state index is 0.415. The smallest absolute Gasteiger partial charge is 0.249 e. The Bertz CT molecular complexity index is 1370. The molecule has 0 unspecified atom stereocenters. The van der Waals surface area contributed by atoms with Crippen LogP contribution in [0.15, 0.2) is 91.0 Å². The number of carbonyl (C=O) groups excluding carboxylic acids is 1. The van der Waals surface area contributed by atoms with Crippen LogP contribution < -0.4 is 5.73 Å². The first kappa shape index (κ1) is 18.2. The summed E-state index contributed by atoms with van der Waals surface area (Å²) in [5.74, 6) is -0.415. The molecule has 3 heteroatoms. The van der Waals surface area contributed by atoms with Gasteiger partial charge >= 0.3 is 0 Å². The van der Waals surface area contributed by atoms with Crippen molar-refractivity contribution in [3.63, 3.8) is 0 Å². The second kappa shape index (κ2) is 7.53. The Kier molecular flexibility index (Phi) is 4.56. The molecule has 0 fully saturated rings. The quantitative estimate of drug-likeness (QED) is 0.434. The van der Waals surface area contributed by atoms with Gasteiger partial charge in [-0.1, -0.05) is 72.8 Å². The fourth-order valence-corrected chi connectivity index (χ4v) is 4.26. The van der Waals surface area contributed by atoms with Crippen molar-refractivity contribution in [2.75, 3.05) is 0 Å². The number of nitrogens with zero attached hydrogens (tertiary/aromatic N) is 1. The highest BCUT2D eigenvalue weighted by molar-refractivity contribution is 6.17. The van der Waals surface area contributed by atoms with Gasteiger partial charge in [0.25, 0.3) is 0 Å². The third-order valence-corrected chi connectivity index (χ3v) is 5.66. The molecule has 0 aliphatic rings. The van der Waals surface area contributed by atoms with Crippen LogP contribution in [0.25, 0.3) is 21.8 Å². The van der Waals surface area contributed by atoms with E-state index in [4.69, 9.17) is 5.73 Å². The van der Waals surface area contributed by atoms with Crippen molar-refractivity contribution in [2.24, 2.45) is 5.73 Å². The van der Waals surface area contributed by atoms with Gasteiger partial charge in [-0.25, -0.2) is 0 Å². The summed E-state index contributed by atoms with van der Waals surface area (Å²) in [4.78, 5) is 12.1. The Morgan fingerprint density at radius 2 is 1.53 bits per heavy atom. The van der Waals surface area contributed by atoms with Crippen LogP contribution in [0.1, 0.15) is 27.0 Å². The van der Waals surface area contributed by atoms with E-state index in [-0.39, 0.29) is 0 Å². The summed E-state index contributed by atoms with van der Waals surface area (Å²) in [6.07, 6.45) is 0.882. The second-order valence-corrected chi connectivity index (χ2v) is 7.51. The largest absolute Gasteiger partial charge is 0.366 e. The summed E-state index contributed by atoms with van der Waals surface area (Å²) >= 11 is 0. The van der Waals surface area contributed by atoms with Crippen LogP contribution in [0.4, 0.5) is 0 Å². The summed E-state index contributed by atoms with van der Waals surface area (Å²) in [6.45, 7) is 0.711. The molecule has 5 aromatic rings. The summed E-state index contributed by atoms with van der Waals surface area (Å²) < 4.78 is 2.26. The molecule has 2 N–H and O–H groups in total. The van der Waals surface area contributed by atoms with Crippen LogP contribution in [0, 0.1) is 6.07 Å². The van der Waals surface area contributed by atoms with E-state index in [2.05, 4.69) is 71.3 Å². The molecule has 4 aromatic carbocycles. The molecule has 1 amide bonds. The fraction of sp³-hybridized carbons (Fsp3) is 0.0741. The zero-order valence-electron chi connectivity index (χ0n) is 16.5. The molecule has 0 aliphatic carbocycles. The first-order chi connectivity index (χ1) is 14.7. The van der Waals surface area contributed by atoms with Gasteiger partial charge in [-0.2, -0.15) is 0 Å². The summed E-state index contributed by atoms with van der Waals surface area (Å²) in [6, 6.07) is 34.1. The monoisotopic (exact) mass is 389 g/mol. The molecule has 5 rings (SSSR count). The number of rotatable bonds is 5. The molecule has 0 saturated heterocycles. The van der Waals surface area contributed by atoms with Crippen LogP contribution >= 0.6 is 0 Å². The van der Waals surface area contributed by atoms with Gasteiger partial charge in [0.1, 0.15) is 0 Å². The van der Waals surface area contributed by atoms with Crippen LogP contribution in [-0.2, 0) is 13.0 Å². The van der Waals surface area contributed by atoms with Crippen molar-refractivity contribution in [3.05, 3.63) is 119 Å². The highest BCUT2D eigenvalue weighted by Gasteiger charge is 2.17. The Morgan fingerprint density at radius 1 is 0.800 bits per heavy atom. The molecule has 30 heavy (non-hydrogen) atoms. The maximum absolute atomic E-state index is 12.1. The maximum Gasteiger partial charge on any atom is 0.249 e. The van der Waals surface area contributed by atoms with Crippen molar-refractivity contribution < 1.29 is 4.79 Å². The Balaban J connectivity index is 1.67. The number of benzene rings is 4. The van der Waals surface area contributed by atoms with Crippen molar-refractivity contribution in [1.82, 2.24) is 4.57 Å². The van der Waals surface area contributed by atoms with Crippen LogP contribution in [0.5, 0.6) is 0 Å². The van der Waals surface area contributed by atoms with Crippen LogP contribution in [0.3, 0.4) is 0 Å². The molecule has 0 aliphatic heterocycles. The van der Waals surface area contributed by atoms with E-state index in [9.17, 15) is 4.79 Å². The Morgan fingerprint density at radius 3 is 2.33 bits per heavy atom. The number of aromatic nitrogens is 1. The third kappa shape index (κ3) is 3.15. The number of primary amides is 1. The Labute approximate surface area is 175 Å². The minimum Gasteiger partial charge on any atom is -0.366 e. The highest BCUT2D eigenvalue weighted by atomic mass is 16.1. The van der Waals surface area contributed by atoms with E-state index < -0.39 is 5.91 Å². The predicted molar refractivity (Wildman–Crippen MR) is 122 cm³/mol. The van der Waals surface area contributed by atoms with Crippen molar-refractivity contribution in [3.8, 4) is 0 Å². The van der Waals surface area contributed by atoms with E-state index in [1.54, 1.807) is 6.07 Å². The van der Waals surface area contributed by atoms with E-state index in [0.29, 0.717) is 12.1 Å². The highest BCUT2D eigenvalue weighted by Crippen LogP contribution is 2.32. The van der Waals surface area contributed by atoms with Gasteiger partial charge in [0.15, 0.2) is 0 Å². The van der Waals surface area contributed by atoms with Gasteiger partial charge in [0.2, 0.25) is 5.91 Å². The molecule has 1 heterocycles. The summed E-state index contributed by atoms with van der Waals surface area (Å²) in [5, 5.41) is 1.81. The number of hydrogen-bond acceptors (Lipinski definition) is 1. The SMILES string of the molecule is NC(=O)c1cccc2c1c1[c]cccc1n2Cc1ccccc1Cc1ccccc1. The zero-order valence-corrected chi connectivity index (χ0v) is 16.5. The van der Waals surface area contributed by atoms with Gasteiger partial charge in [-0.05, 0) is 47.4 Å². The number of carbonyl (C=O) groups is 1. The average Bonchev–Trinajstić information content (AvgIpc) is 3.10. The molecular weight excluding hydrogens is 368 g/mol. The topological polar surface area (TPSA) is 48.0 Å². The van der Waals surface area contributed by atoms with Crippen molar-refractivity contribution >= 4 is 27.7 Å². The lowest BCUT2D eigenvalue weighted by molar-refractivity contribution is 0.100. The number of hydrogen-bond donors (Lipinski definition) is 1. The van der Waals surface area contributed by atoms with E-state index in [0.717, 1.165) is 28.2 Å². The van der Waals surface area contributed by atoms with Crippen LogP contribution in [0.2, 0.25) is 0 Å². The summed E-state index contributed by atoms with van der Waals surface area (Å²) in [7, 11) is 0. The van der Waals surface area contributed by atoms with Crippen molar-refractivity contribution in [2.45, 2.75) is 13.0 Å². The third-order valence-electron chi connectivity index (χ3n) is 5.66. The molecule has 1 aromatic heterocycles. The molecule has 0 atom stereocenters. The van der Waals surface area contributed by atoms with Gasteiger partial charge in [0.05, 0.1) is 11.0 Å². The standard InChI is InChI=1S/C27H21N2O/c28-27(30)23-14-8-16-25-26(23)22-13-6-7-15-24(22)29(25)18-21-12-5-4-11-20(21)17-19-9-2-1-3-10-19/h1-12,14-16H,17-18H2,(H2,28,30). The normalized spacial score (nSPS) is 11.2. The number of nitrogens with two attached hydrogens (primary N) is 1. The van der Waals surface area contributed by atoms with Crippen LogP contribution in [-0.4, -0.2) is 10.5 Å². The van der Waals surface area contributed by atoms with Crippen molar-refractivity contribution in [1.29, 1.82) is 0 Å². The van der Waals surface area contributed by atoms with E-state index in [1.807, 2.05) is 24.3 Å². The number of fused-ring (bicyclic) bond motifs is 3. The number of amides is 1. The minimum atomic E-state index is -0.415. The molecule has 0 bridgehead atoms. The van der Waals surface area contributed by atoms with Gasteiger partial charge in [-0.15, -0.1) is 0 Å². The maximum atomic E-state index is 12.1. The van der Waals surface area contributed by atoms with E-state index in [1.165, 1.54) is 16.7 Å². The van der Waals surface area contributed by atoms with Gasteiger partial charge in [0, 0.05) is 22.9 Å². The molecule has 1 radical (unpaired) electrons. The first-order valence-electron chi connectivity index (χ1n) is 10.0. The second-order valence-electron chi connectivity index (χ2n) is 7.51. The fourth-order valence-electron chi connectivity index (χ4n) is 4.26. The molecular formula is C27H21N2O. The Hall–Kier alpha value is -3.85. The van der Waals surface area contributed by atoms with E-state index >= 15 is 0 Å². The predicted octanol–water partition coefficient (Wildman–Crippen LogP) is 5.33. The molecule has 3 nitrogen and oxygen atoms in total. The lowest BCUT2D eigenvalue weighted by Crippen LogP contribution is -2.11.